The molecule has 0 aromatic heterocycles. The van der Waals surface area contributed by atoms with Gasteiger partial charge < -0.3 is 14.6 Å². The molecule has 1 unspecified atom stereocenters. The molecule has 1 N–H and O–H groups in total. The van der Waals surface area contributed by atoms with E-state index in [1.54, 1.807) is 25.3 Å². The van der Waals surface area contributed by atoms with Crippen molar-refractivity contribution in [2.45, 2.75) is 44.9 Å². The van der Waals surface area contributed by atoms with Crippen LogP contribution in [0.5, 0.6) is 11.5 Å². The summed E-state index contributed by atoms with van der Waals surface area (Å²) in [6.45, 7) is 5.95. The highest BCUT2D eigenvalue weighted by Gasteiger charge is 2.26. The van der Waals surface area contributed by atoms with Gasteiger partial charge in [-0.3, -0.25) is 9.80 Å². The highest BCUT2D eigenvalue weighted by Crippen LogP contribution is 2.30. The van der Waals surface area contributed by atoms with Gasteiger partial charge in [-0.15, -0.1) is 0 Å². The lowest BCUT2D eigenvalue weighted by Crippen LogP contribution is -2.40. The third-order valence-electron chi connectivity index (χ3n) is 6.77. The minimum atomic E-state index is -0.117. The summed E-state index contributed by atoms with van der Waals surface area (Å²) in [5.74, 6) is 1.46. The molecule has 2 aliphatic heterocycles. The van der Waals surface area contributed by atoms with E-state index in [9.17, 15) is 9.50 Å². The minimum absolute atomic E-state index is 0.117. The average molecular weight is 443 g/mol. The number of likely N-dealkylation sites (tertiary alicyclic amines) is 1. The van der Waals surface area contributed by atoms with Crippen LogP contribution < -0.4 is 4.74 Å². The predicted octanol–water partition coefficient (Wildman–Crippen LogP) is 4.43. The van der Waals surface area contributed by atoms with Crippen molar-refractivity contribution >= 4 is 0 Å². The Bertz CT molecular complexity index is 864. The Hall–Kier alpha value is -2.15. The third kappa shape index (κ3) is 6.00. The maximum absolute atomic E-state index is 14.0. The lowest BCUT2D eigenvalue weighted by molar-refractivity contribution is 0.0563. The summed E-state index contributed by atoms with van der Waals surface area (Å²) in [6.07, 6.45) is 4.65. The molecule has 0 aliphatic carbocycles. The number of hydrogen-bond donors (Lipinski definition) is 1. The molecule has 2 saturated heterocycles. The van der Waals surface area contributed by atoms with Gasteiger partial charge in [0.1, 0.15) is 17.3 Å². The van der Waals surface area contributed by atoms with E-state index < -0.39 is 0 Å². The number of hydrogen-bond acceptors (Lipinski definition) is 5. The number of rotatable bonds is 9. The largest absolute Gasteiger partial charge is 0.507 e. The van der Waals surface area contributed by atoms with E-state index >= 15 is 0 Å². The maximum atomic E-state index is 14.0. The summed E-state index contributed by atoms with van der Waals surface area (Å²) in [7, 11) is 1.65. The number of phenolic OH excluding ortho intramolecular Hbond substituents is 1. The molecule has 6 heteroatoms. The van der Waals surface area contributed by atoms with E-state index in [-0.39, 0.29) is 17.7 Å². The fraction of sp³-hybridized carbons (Fsp3) is 0.538. The Balaban J connectivity index is 1.37. The van der Waals surface area contributed by atoms with Crippen LogP contribution in [0.4, 0.5) is 4.39 Å². The van der Waals surface area contributed by atoms with Gasteiger partial charge in [0.25, 0.3) is 0 Å². The first kappa shape index (κ1) is 23.0. The van der Waals surface area contributed by atoms with Crippen LogP contribution in [0.15, 0.2) is 42.5 Å². The third-order valence-corrected chi connectivity index (χ3v) is 6.77. The molecule has 2 aromatic rings. The normalized spacial score (nSPS) is 20.2. The summed E-state index contributed by atoms with van der Waals surface area (Å²) in [4.78, 5) is 4.77. The number of methoxy groups -OCH3 is 1. The average Bonchev–Trinajstić information content (AvgIpc) is 3.31. The second kappa shape index (κ2) is 11.1. The summed E-state index contributed by atoms with van der Waals surface area (Å²) >= 11 is 0. The van der Waals surface area contributed by atoms with Crippen LogP contribution in [0, 0.1) is 11.7 Å². The topological polar surface area (TPSA) is 45.2 Å². The number of halogens is 1. The standard InChI is InChI=1S/C26H35FN2O3/c1-31-26-10-4-9-25(30)23(26)19-29(18-22-7-5-15-32-22)16-20-11-13-28(14-12-20)17-21-6-2-3-8-24(21)27/h2-4,6,8-10,20,22,30H,5,7,11-19H2,1H3. The number of aromatic hydroxyl groups is 1. The molecular formula is C26H35FN2O3. The van der Waals surface area contributed by atoms with Crippen LogP contribution in [0.1, 0.15) is 36.8 Å². The van der Waals surface area contributed by atoms with E-state index in [1.807, 2.05) is 24.3 Å². The molecule has 4 rings (SSSR count). The van der Waals surface area contributed by atoms with Gasteiger partial charge >= 0.3 is 0 Å². The molecule has 2 heterocycles. The molecule has 2 aromatic carbocycles. The molecule has 0 radical (unpaired) electrons. The molecule has 0 spiro atoms. The molecule has 0 saturated carbocycles. The lowest BCUT2D eigenvalue weighted by atomic mass is 9.95. The highest BCUT2D eigenvalue weighted by atomic mass is 19.1. The van der Waals surface area contributed by atoms with Crippen molar-refractivity contribution in [2.24, 2.45) is 5.92 Å². The molecule has 0 bridgehead atoms. The van der Waals surface area contributed by atoms with Gasteiger partial charge in [-0.2, -0.15) is 0 Å². The van der Waals surface area contributed by atoms with Gasteiger partial charge in [0.05, 0.1) is 13.2 Å². The molecule has 5 nitrogen and oxygen atoms in total. The summed E-state index contributed by atoms with van der Waals surface area (Å²) in [5.41, 5.74) is 1.61. The predicted molar refractivity (Wildman–Crippen MR) is 123 cm³/mol. The Morgan fingerprint density at radius 1 is 1.09 bits per heavy atom. The fourth-order valence-corrected chi connectivity index (χ4v) is 4.97. The molecule has 174 valence electrons. The Morgan fingerprint density at radius 2 is 1.91 bits per heavy atom. The van der Waals surface area contributed by atoms with Gasteiger partial charge in [-0.25, -0.2) is 4.39 Å². The first-order valence-corrected chi connectivity index (χ1v) is 11.8. The summed E-state index contributed by atoms with van der Waals surface area (Å²) in [5, 5.41) is 10.5. The number of piperidine rings is 1. The molecular weight excluding hydrogens is 407 g/mol. The van der Waals surface area contributed by atoms with Crippen LogP contribution in [0.25, 0.3) is 0 Å². The minimum Gasteiger partial charge on any atom is -0.507 e. The summed E-state index contributed by atoms with van der Waals surface area (Å²) in [6, 6.07) is 12.5. The number of phenols is 1. The zero-order valence-corrected chi connectivity index (χ0v) is 19.0. The van der Waals surface area contributed by atoms with Crippen molar-refractivity contribution in [1.29, 1.82) is 0 Å². The molecule has 0 amide bonds. The highest BCUT2D eigenvalue weighted by molar-refractivity contribution is 5.43. The van der Waals surface area contributed by atoms with Gasteiger partial charge in [0.2, 0.25) is 0 Å². The monoisotopic (exact) mass is 442 g/mol. The number of ether oxygens (including phenoxy) is 2. The van der Waals surface area contributed by atoms with Crippen LogP contribution in [0.3, 0.4) is 0 Å². The zero-order valence-electron chi connectivity index (χ0n) is 19.0. The van der Waals surface area contributed by atoms with Crippen molar-refractivity contribution in [2.75, 3.05) is 39.9 Å². The Labute approximate surface area is 190 Å². The van der Waals surface area contributed by atoms with Crippen LogP contribution in [-0.4, -0.2) is 60.9 Å². The van der Waals surface area contributed by atoms with E-state index in [4.69, 9.17) is 9.47 Å². The van der Waals surface area contributed by atoms with Gasteiger partial charge in [-0.1, -0.05) is 24.3 Å². The van der Waals surface area contributed by atoms with E-state index in [0.717, 1.165) is 75.3 Å². The molecule has 32 heavy (non-hydrogen) atoms. The first-order chi connectivity index (χ1) is 15.6. The molecule has 1 atom stereocenters. The second-order valence-corrected chi connectivity index (χ2v) is 9.10. The second-order valence-electron chi connectivity index (χ2n) is 9.10. The lowest BCUT2D eigenvalue weighted by Gasteiger charge is -2.36. The zero-order chi connectivity index (χ0) is 22.3. The fourth-order valence-electron chi connectivity index (χ4n) is 4.97. The van der Waals surface area contributed by atoms with E-state index in [1.165, 1.54) is 0 Å². The van der Waals surface area contributed by atoms with Crippen molar-refractivity contribution in [1.82, 2.24) is 9.80 Å². The van der Waals surface area contributed by atoms with Crippen molar-refractivity contribution < 1.29 is 19.0 Å². The van der Waals surface area contributed by atoms with E-state index in [2.05, 4.69) is 9.80 Å². The van der Waals surface area contributed by atoms with Crippen molar-refractivity contribution in [3.63, 3.8) is 0 Å². The van der Waals surface area contributed by atoms with Gasteiger partial charge in [0.15, 0.2) is 0 Å². The van der Waals surface area contributed by atoms with Crippen molar-refractivity contribution in [3.05, 3.63) is 59.4 Å². The van der Waals surface area contributed by atoms with Crippen LogP contribution >= 0.6 is 0 Å². The van der Waals surface area contributed by atoms with Crippen LogP contribution in [0.2, 0.25) is 0 Å². The quantitative estimate of drug-likeness (QED) is 0.622. The molecule has 2 aliphatic rings. The van der Waals surface area contributed by atoms with Crippen molar-refractivity contribution in [3.8, 4) is 11.5 Å². The number of benzene rings is 2. The Morgan fingerprint density at radius 3 is 2.62 bits per heavy atom. The van der Waals surface area contributed by atoms with Gasteiger partial charge in [0, 0.05) is 43.9 Å². The SMILES string of the molecule is COc1cccc(O)c1CN(CC1CCN(Cc2ccccc2F)CC1)CC1CCCO1. The summed E-state index contributed by atoms with van der Waals surface area (Å²) < 4.78 is 25.4. The van der Waals surface area contributed by atoms with Crippen LogP contribution in [-0.2, 0) is 17.8 Å². The van der Waals surface area contributed by atoms with Gasteiger partial charge in [-0.05, 0) is 62.9 Å². The first-order valence-electron chi connectivity index (χ1n) is 11.8. The number of nitrogens with zero attached hydrogens (tertiary/aromatic N) is 2. The Kier molecular flexibility index (Phi) is 8.00. The smallest absolute Gasteiger partial charge is 0.127 e. The van der Waals surface area contributed by atoms with E-state index in [0.29, 0.717) is 19.0 Å². The maximum Gasteiger partial charge on any atom is 0.127 e. The molecule has 2 fully saturated rings.